The van der Waals surface area contributed by atoms with Crippen LogP contribution in [0.4, 0.5) is 5.82 Å². The number of ether oxygens (including phenoxy) is 3. The van der Waals surface area contributed by atoms with Crippen LogP contribution in [0, 0.1) is 5.92 Å². The zero-order valence-electron chi connectivity index (χ0n) is 22.6. The summed E-state index contributed by atoms with van der Waals surface area (Å²) in [5, 5.41) is 4.06. The van der Waals surface area contributed by atoms with Crippen molar-refractivity contribution in [1.29, 1.82) is 0 Å². The fourth-order valence-corrected chi connectivity index (χ4v) is 5.83. The molecule has 1 amide bonds. The lowest BCUT2D eigenvalue weighted by atomic mass is 10.0. The van der Waals surface area contributed by atoms with E-state index in [-0.39, 0.29) is 17.9 Å². The van der Waals surface area contributed by atoms with Crippen molar-refractivity contribution in [3.05, 3.63) is 71.2 Å². The molecule has 0 radical (unpaired) electrons. The van der Waals surface area contributed by atoms with Crippen LogP contribution in [0.2, 0.25) is 5.02 Å². The molecule has 0 bridgehead atoms. The summed E-state index contributed by atoms with van der Waals surface area (Å²) >= 11 is 5.98. The predicted octanol–water partition coefficient (Wildman–Crippen LogP) is 4.95. The van der Waals surface area contributed by atoms with E-state index in [1.807, 2.05) is 36.4 Å². The SMILES string of the molecule is O=C(NC(Cc1ccc2c(c1)OCCO2)CN1CCCC1)[C@@H]1CCN(c2cccc(Oc3ccc(Cl)cc3)n2)C1. The largest absolute Gasteiger partial charge is 0.486 e. The fourth-order valence-electron chi connectivity index (χ4n) is 5.70. The summed E-state index contributed by atoms with van der Waals surface area (Å²) < 4.78 is 17.4. The number of carbonyl (C=O) groups is 1. The number of rotatable bonds is 9. The Labute approximate surface area is 240 Å². The van der Waals surface area contributed by atoms with Crippen LogP contribution >= 0.6 is 11.6 Å². The van der Waals surface area contributed by atoms with Gasteiger partial charge in [-0.3, -0.25) is 4.79 Å². The number of anilines is 1. The van der Waals surface area contributed by atoms with E-state index in [9.17, 15) is 4.79 Å². The molecule has 9 heteroatoms. The summed E-state index contributed by atoms with van der Waals surface area (Å²) in [6, 6.07) is 19.1. The number of hydrogen-bond donors (Lipinski definition) is 1. The first-order valence-corrected chi connectivity index (χ1v) is 14.5. The van der Waals surface area contributed by atoms with E-state index in [2.05, 4.69) is 27.2 Å². The van der Waals surface area contributed by atoms with Crippen molar-refractivity contribution in [2.45, 2.75) is 31.7 Å². The van der Waals surface area contributed by atoms with Crippen LogP contribution < -0.4 is 24.4 Å². The number of fused-ring (bicyclic) bond motifs is 1. The van der Waals surface area contributed by atoms with Crippen molar-refractivity contribution in [1.82, 2.24) is 15.2 Å². The average molecular weight is 563 g/mol. The quantitative estimate of drug-likeness (QED) is 0.395. The summed E-state index contributed by atoms with van der Waals surface area (Å²) in [6.45, 7) is 5.57. The highest BCUT2D eigenvalue weighted by Crippen LogP contribution is 2.31. The Morgan fingerprint density at radius 1 is 1.02 bits per heavy atom. The third-order valence-electron chi connectivity index (χ3n) is 7.74. The molecule has 4 heterocycles. The van der Waals surface area contributed by atoms with Crippen molar-refractivity contribution >= 4 is 23.3 Å². The second-order valence-corrected chi connectivity index (χ2v) is 11.2. The topological polar surface area (TPSA) is 76.2 Å². The van der Waals surface area contributed by atoms with Gasteiger partial charge in [0.15, 0.2) is 11.5 Å². The molecule has 3 aliphatic heterocycles. The molecule has 1 unspecified atom stereocenters. The standard InChI is InChI=1S/C31H35ClN4O4/c32-24-7-9-26(10-8-24)40-30-5-3-4-29(34-30)36-15-12-23(20-36)31(37)33-25(21-35-13-1-2-14-35)18-22-6-11-27-28(19-22)39-17-16-38-27/h3-11,19,23,25H,1-2,12-18,20-21H2,(H,33,37)/t23-,25?/m1/s1. The molecular weight excluding hydrogens is 528 g/mol. The van der Waals surface area contributed by atoms with Gasteiger partial charge in [-0.2, -0.15) is 4.98 Å². The molecule has 40 heavy (non-hydrogen) atoms. The molecule has 1 N–H and O–H groups in total. The second kappa shape index (κ2) is 12.4. The fraction of sp³-hybridized carbons (Fsp3) is 0.419. The second-order valence-electron chi connectivity index (χ2n) is 10.7. The summed E-state index contributed by atoms with van der Waals surface area (Å²) in [6.07, 6.45) is 3.98. The third-order valence-corrected chi connectivity index (χ3v) is 7.99. The van der Waals surface area contributed by atoms with Crippen molar-refractivity contribution in [2.75, 3.05) is 50.8 Å². The normalized spacial score (nSPS) is 19.4. The molecule has 2 aromatic carbocycles. The molecule has 210 valence electrons. The number of pyridine rings is 1. The third kappa shape index (κ3) is 6.62. The number of halogens is 1. The number of nitrogens with one attached hydrogen (secondary N) is 1. The van der Waals surface area contributed by atoms with Crippen LogP contribution in [0.25, 0.3) is 0 Å². The lowest BCUT2D eigenvalue weighted by molar-refractivity contribution is -0.125. The van der Waals surface area contributed by atoms with Gasteiger partial charge in [0.1, 0.15) is 24.8 Å². The van der Waals surface area contributed by atoms with E-state index < -0.39 is 0 Å². The van der Waals surface area contributed by atoms with E-state index in [1.165, 1.54) is 12.8 Å². The van der Waals surface area contributed by atoms with E-state index in [0.717, 1.165) is 61.9 Å². The molecule has 3 aromatic rings. The van der Waals surface area contributed by atoms with Crippen LogP contribution in [-0.4, -0.2) is 67.8 Å². The van der Waals surface area contributed by atoms with Crippen LogP contribution in [0.5, 0.6) is 23.1 Å². The lowest BCUT2D eigenvalue weighted by Gasteiger charge is -2.26. The van der Waals surface area contributed by atoms with Crippen LogP contribution in [-0.2, 0) is 11.2 Å². The Morgan fingerprint density at radius 2 is 1.82 bits per heavy atom. The van der Waals surface area contributed by atoms with Gasteiger partial charge in [0, 0.05) is 36.8 Å². The van der Waals surface area contributed by atoms with Crippen LogP contribution in [0.3, 0.4) is 0 Å². The number of carbonyl (C=O) groups excluding carboxylic acids is 1. The molecule has 0 saturated carbocycles. The van der Waals surface area contributed by atoms with Crippen molar-refractivity contribution in [3.8, 4) is 23.1 Å². The Hall–Kier alpha value is -3.49. The maximum Gasteiger partial charge on any atom is 0.225 e. The first-order chi connectivity index (χ1) is 19.6. The molecule has 6 rings (SSSR count). The Kier molecular flexibility index (Phi) is 8.25. The monoisotopic (exact) mass is 562 g/mol. The van der Waals surface area contributed by atoms with Crippen molar-refractivity contribution < 1.29 is 19.0 Å². The first kappa shape index (κ1) is 26.7. The Bertz CT molecular complexity index is 1310. The van der Waals surface area contributed by atoms with E-state index in [0.29, 0.717) is 36.4 Å². The summed E-state index contributed by atoms with van der Waals surface area (Å²) in [7, 11) is 0. The molecule has 0 aliphatic carbocycles. The summed E-state index contributed by atoms with van der Waals surface area (Å²) in [5.74, 6) is 3.59. The number of likely N-dealkylation sites (tertiary alicyclic amines) is 1. The number of benzene rings is 2. The zero-order chi connectivity index (χ0) is 27.3. The van der Waals surface area contributed by atoms with Gasteiger partial charge in [-0.25, -0.2) is 0 Å². The van der Waals surface area contributed by atoms with Gasteiger partial charge in [-0.1, -0.05) is 23.7 Å². The minimum atomic E-state index is -0.0935. The Morgan fingerprint density at radius 3 is 2.65 bits per heavy atom. The predicted molar refractivity (Wildman–Crippen MR) is 155 cm³/mol. The van der Waals surface area contributed by atoms with E-state index in [4.69, 9.17) is 30.8 Å². The van der Waals surface area contributed by atoms with Gasteiger partial charge < -0.3 is 29.3 Å². The highest BCUT2D eigenvalue weighted by molar-refractivity contribution is 6.30. The van der Waals surface area contributed by atoms with Gasteiger partial charge in [0.25, 0.3) is 0 Å². The molecule has 3 aliphatic rings. The molecular formula is C31H35ClN4O4. The number of amides is 1. The van der Waals surface area contributed by atoms with Gasteiger partial charge in [-0.15, -0.1) is 0 Å². The minimum absolute atomic E-state index is 0.0245. The summed E-state index contributed by atoms with van der Waals surface area (Å²) in [5.41, 5.74) is 1.14. The molecule has 8 nitrogen and oxygen atoms in total. The van der Waals surface area contributed by atoms with Crippen LogP contribution in [0.15, 0.2) is 60.7 Å². The van der Waals surface area contributed by atoms with Crippen molar-refractivity contribution in [3.63, 3.8) is 0 Å². The maximum absolute atomic E-state index is 13.5. The molecule has 1 aromatic heterocycles. The van der Waals surface area contributed by atoms with Crippen LogP contribution in [0.1, 0.15) is 24.8 Å². The lowest BCUT2D eigenvalue weighted by Crippen LogP contribution is -2.46. The number of aromatic nitrogens is 1. The van der Waals surface area contributed by atoms with E-state index in [1.54, 1.807) is 12.1 Å². The number of hydrogen-bond acceptors (Lipinski definition) is 7. The van der Waals surface area contributed by atoms with Gasteiger partial charge in [0.2, 0.25) is 11.8 Å². The zero-order valence-corrected chi connectivity index (χ0v) is 23.3. The Balaban J connectivity index is 1.09. The van der Waals surface area contributed by atoms with E-state index >= 15 is 0 Å². The summed E-state index contributed by atoms with van der Waals surface area (Å²) in [4.78, 5) is 22.8. The van der Waals surface area contributed by atoms with Gasteiger partial charge in [-0.05, 0) is 86.8 Å². The molecule has 2 saturated heterocycles. The van der Waals surface area contributed by atoms with Gasteiger partial charge in [0.05, 0.1) is 5.92 Å². The molecule has 2 fully saturated rings. The smallest absolute Gasteiger partial charge is 0.225 e. The van der Waals surface area contributed by atoms with Crippen molar-refractivity contribution in [2.24, 2.45) is 5.92 Å². The molecule has 0 spiro atoms. The highest BCUT2D eigenvalue weighted by Gasteiger charge is 2.31. The highest BCUT2D eigenvalue weighted by atomic mass is 35.5. The molecule has 2 atom stereocenters. The minimum Gasteiger partial charge on any atom is -0.486 e. The average Bonchev–Trinajstić information content (AvgIpc) is 3.67. The maximum atomic E-state index is 13.5. The van der Waals surface area contributed by atoms with Gasteiger partial charge >= 0.3 is 0 Å². The first-order valence-electron chi connectivity index (χ1n) is 14.2. The number of nitrogens with zero attached hydrogens (tertiary/aromatic N) is 3.